The van der Waals surface area contributed by atoms with Crippen molar-refractivity contribution in [2.75, 3.05) is 56.2 Å². The number of hydrogen-bond acceptors (Lipinski definition) is 7. The molecule has 2 aromatic heterocycles. The second kappa shape index (κ2) is 9.87. The lowest BCUT2D eigenvalue weighted by molar-refractivity contribution is -0.132. The van der Waals surface area contributed by atoms with Gasteiger partial charge < -0.3 is 19.4 Å². The van der Waals surface area contributed by atoms with Crippen molar-refractivity contribution in [2.45, 2.75) is 32.6 Å². The molecule has 0 saturated carbocycles. The molecule has 0 spiro atoms. The molecule has 1 amide bonds. The summed E-state index contributed by atoms with van der Waals surface area (Å²) in [5.41, 5.74) is 1.89. The van der Waals surface area contributed by atoms with E-state index in [1.54, 1.807) is 11.6 Å². The van der Waals surface area contributed by atoms with Gasteiger partial charge in [-0.2, -0.15) is 4.52 Å². The molecule has 2 saturated heterocycles. The zero-order chi connectivity index (χ0) is 23.5. The normalized spacial score (nSPS) is 17.4. The highest BCUT2D eigenvalue weighted by molar-refractivity contribution is 5.76. The third kappa shape index (κ3) is 4.78. The minimum atomic E-state index is 0.202. The zero-order valence-corrected chi connectivity index (χ0v) is 20.1. The number of hydrogen-bond donors (Lipinski definition) is 0. The summed E-state index contributed by atoms with van der Waals surface area (Å²) in [6, 6.07) is 12.2. The summed E-state index contributed by atoms with van der Waals surface area (Å²) >= 11 is 0. The summed E-state index contributed by atoms with van der Waals surface area (Å²) in [4.78, 5) is 19.3. The largest absolute Gasteiger partial charge is 0.497 e. The number of carbonyl (C=O) groups excluding carboxylic acids is 1. The summed E-state index contributed by atoms with van der Waals surface area (Å²) in [5.74, 6) is 3.44. The lowest BCUT2D eigenvalue weighted by atomic mass is 9.99. The zero-order valence-electron chi connectivity index (χ0n) is 20.1. The number of benzene rings is 1. The molecule has 0 radical (unpaired) electrons. The maximum Gasteiger partial charge on any atom is 0.223 e. The van der Waals surface area contributed by atoms with Crippen LogP contribution < -0.4 is 14.5 Å². The number of methoxy groups -OCH3 is 1. The maximum absolute atomic E-state index is 12.7. The predicted octanol–water partition coefficient (Wildman–Crippen LogP) is 2.65. The van der Waals surface area contributed by atoms with Crippen LogP contribution in [0.2, 0.25) is 0 Å². The number of aryl methyl sites for hydroxylation is 1. The molecule has 3 aromatic rings. The van der Waals surface area contributed by atoms with Crippen LogP contribution in [0, 0.1) is 5.92 Å². The number of piperidine rings is 1. The number of rotatable bonds is 6. The van der Waals surface area contributed by atoms with Gasteiger partial charge in [-0.05, 0) is 43.0 Å². The van der Waals surface area contributed by atoms with E-state index in [0.29, 0.717) is 24.4 Å². The van der Waals surface area contributed by atoms with Crippen LogP contribution in [0.1, 0.15) is 32.0 Å². The van der Waals surface area contributed by atoms with Crippen LogP contribution in [0.15, 0.2) is 36.4 Å². The molecule has 9 nitrogen and oxygen atoms in total. The third-order valence-electron chi connectivity index (χ3n) is 7.03. The summed E-state index contributed by atoms with van der Waals surface area (Å²) in [7, 11) is 1.70. The van der Waals surface area contributed by atoms with Gasteiger partial charge in [0.05, 0.1) is 7.11 Å². The van der Waals surface area contributed by atoms with Gasteiger partial charge in [-0.15, -0.1) is 15.3 Å². The van der Waals surface area contributed by atoms with Crippen molar-refractivity contribution in [1.29, 1.82) is 0 Å². The molecule has 180 valence electrons. The molecule has 9 heteroatoms. The standard InChI is InChI=1S/C25H33N7O2/c1-19-10-12-31(13-11-19)25(33)9-8-23-27-26-22-6-7-24(28-32(22)23)30-16-14-29(15-17-30)20-4-3-5-21(18-20)34-2/h3-7,18-19H,8-17H2,1-2H3. The molecular formula is C25H33N7O2. The first kappa shape index (κ1) is 22.4. The van der Waals surface area contributed by atoms with E-state index < -0.39 is 0 Å². The Morgan fingerprint density at radius 3 is 2.53 bits per heavy atom. The first-order chi connectivity index (χ1) is 16.6. The van der Waals surface area contributed by atoms with Crippen molar-refractivity contribution < 1.29 is 9.53 Å². The van der Waals surface area contributed by atoms with E-state index in [4.69, 9.17) is 9.84 Å². The Bertz CT molecular complexity index is 1130. The lowest BCUT2D eigenvalue weighted by Gasteiger charge is -2.36. The molecule has 0 N–H and O–H groups in total. The highest BCUT2D eigenvalue weighted by Gasteiger charge is 2.22. The summed E-state index contributed by atoms with van der Waals surface area (Å²) in [6.07, 6.45) is 3.18. The minimum Gasteiger partial charge on any atom is -0.497 e. The Labute approximate surface area is 200 Å². The van der Waals surface area contributed by atoms with Crippen molar-refractivity contribution >= 4 is 23.1 Å². The van der Waals surface area contributed by atoms with Gasteiger partial charge in [0.2, 0.25) is 5.91 Å². The Morgan fingerprint density at radius 1 is 1.00 bits per heavy atom. The Morgan fingerprint density at radius 2 is 1.76 bits per heavy atom. The number of ether oxygens (including phenoxy) is 1. The highest BCUT2D eigenvalue weighted by Crippen LogP contribution is 2.24. The van der Waals surface area contributed by atoms with E-state index in [2.05, 4.69) is 39.1 Å². The molecule has 1 aromatic carbocycles. The molecule has 2 aliphatic heterocycles. The van der Waals surface area contributed by atoms with E-state index >= 15 is 0 Å². The Hall–Kier alpha value is -3.36. The fraction of sp³-hybridized carbons (Fsp3) is 0.520. The number of nitrogens with zero attached hydrogens (tertiary/aromatic N) is 7. The van der Waals surface area contributed by atoms with Crippen LogP contribution in [0.3, 0.4) is 0 Å². The van der Waals surface area contributed by atoms with E-state index in [9.17, 15) is 4.79 Å². The number of likely N-dealkylation sites (tertiary alicyclic amines) is 1. The third-order valence-corrected chi connectivity index (χ3v) is 7.03. The molecule has 34 heavy (non-hydrogen) atoms. The van der Waals surface area contributed by atoms with Crippen LogP contribution in [-0.2, 0) is 11.2 Å². The van der Waals surface area contributed by atoms with Gasteiger partial charge in [-0.25, -0.2) is 0 Å². The summed E-state index contributed by atoms with van der Waals surface area (Å²) < 4.78 is 7.17. The van der Waals surface area contributed by atoms with Gasteiger partial charge in [0.15, 0.2) is 11.5 Å². The average Bonchev–Trinajstić information content (AvgIpc) is 3.30. The highest BCUT2D eigenvalue weighted by atomic mass is 16.5. The second-order valence-corrected chi connectivity index (χ2v) is 9.32. The molecule has 4 heterocycles. The van der Waals surface area contributed by atoms with E-state index in [1.807, 2.05) is 29.2 Å². The second-order valence-electron chi connectivity index (χ2n) is 9.32. The fourth-order valence-corrected chi connectivity index (χ4v) is 4.78. The first-order valence-electron chi connectivity index (χ1n) is 12.2. The van der Waals surface area contributed by atoms with Crippen LogP contribution in [-0.4, -0.2) is 77.0 Å². The van der Waals surface area contributed by atoms with Gasteiger partial charge >= 0.3 is 0 Å². The topological polar surface area (TPSA) is 79.1 Å². The Balaban J connectivity index is 1.22. The number of anilines is 2. The number of amides is 1. The number of carbonyl (C=O) groups is 1. The average molecular weight is 464 g/mol. The summed E-state index contributed by atoms with van der Waals surface area (Å²) in [6.45, 7) is 7.55. The number of fused-ring (bicyclic) bond motifs is 1. The van der Waals surface area contributed by atoms with Crippen molar-refractivity contribution in [3.8, 4) is 5.75 Å². The number of aromatic nitrogens is 4. The van der Waals surface area contributed by atoms with Gasteiger partial charge in [-0.1, -0.05) is 13.0 Å². The molecular weight excluding hydrogens is 430 g/mol. The molecule has 0 aliphatic carbocycles. The van der Waals surface area contributed by atoms with E-state index in [-0.39, 0.29) is 5.91 Å². The quantitative estimate of drug-likeness (QED) is 0.556. The van der Waals surface area contributed by atoms with Crippen molar-refractivity contribution in [3.63, 3.8) is 0 Å². The van der Waals surface area contributed by atoms with Crippen LogP contribution in [0.25, 0.3) is 5.65 Å². The molecule has 2 aliphatic rings. The van der Waals surface area contributed by atoms with Gasteiger partial charge in [0.1, 0.15) is 11.6 Å². The monoisotopic (exact) mass is 463 g/mol. The molecule has 0 bridgehead atoms. The number of piperazine rings is 1. The van der Waals surface area contributed by atoms with Gasteiger partial charge in [0, 0.05) is 63.9 Å². The maximum atomic E-state index is 12.7. The minimum absolute atomic E-state index is 0.202. The van der Waals surface area contributed by atoms with Crippen LogP contribution in [0.4, 0.5) is 11.5 Å². The predicted molar refractivity (Wildman–Crippen MR) is 132 cm³/mol. The van der Waals surface area contributed by atoms with E-state index in [0.717, 1.165) is 69.5 Å². The van der Waals surface area contributed by atoms with Gasteiger partial charge in [-0.3, -0.25) is 4.79 Å². The van der Waals surface area contributed by atoms with Crippen LogP contribution in [0.5, 0.6) is 5.75 Å². The van der Waals surface area contributed by atoms with E-state index in [1.165, 1.54) is 5.69 Å². The first-order valence-corrected chi connectivity index (χ1v) is 12.2. The molecule has 0 unspecified atom stereocenters. The molecule has 5 rings (SSSR count). The lowest BCUT2D eigenvalue weighted by Crippen LogP contribution is -2.47. The summed E-state index contributed by atoms with van der Waals surface area (Å²) in [5, 5.41) is 13.4. The van der Waals surface area contributed by atoms with Crippen LogP contribution >= 0.6 is 0 Å². The smallest absolute Gasteiger partial charge is 0.223 e. The molecule has 2 fully saturated rings. The SMILES string of the molecule is COc1cccc(N2CCN(c3ccc4nnc(CCC(=O)N5CCC(C)CC5)n4n3)CC2)c1. The van der Waals surface area contributed by atoms with Crippen molar-refractivity contribution in [3.05, 3.63) is 42.2 Å². The van der Waals surface area contributed by atoms with Gasteiger partial charge in [0.25, 0.3) is 0 Å². The molecule has 0 atom stereocenters. The Kier molecular flexibility index (Phi) is 6.51. The fourth-order valence-electron chi connectivity index (χ4n) is 4.78. The van der Waals surface area contributed by atoms with Crippen molar-refractivity contribution in [1.82, 2.24) is 24.7 Å². The van der Waals surface area contributed by atoms with Crippen molar-refractivity contribution in [2.24, 2.45) is 5.92 Å².